The number of carbonyl (C=O) groups excluding carboxylic acids is 1. The molecule has 1 aromatic heterocycles. The van der Waals surface area contributed by atoms with Crippen molar-refractivity contribution in [1.29, 1.82) is 0 Å². The second-order valence-corrected chi connectivity index (χ2v) is 5.62. The molecule has 98 valence electrons. The van der Waals surface area contributed by atoms with Crippen molar-refractivity contribution in [2.75, 3.05) is 0 Å². The van der Waals surface area contributed by atoms with Crippen LogP contribution in [0.2, 0.25) is 10.2 Å². The second kappa shape index (κ2) is 5.89. The lowest BCUT2D eigenvalue weighted by molar-refractivity contribution is 0.0910. The molecule has 1 heterocycles. The summed E-state index contributed by atoms with van der Waals surface area (Å²) in [6.45, 7) is 2.17. The number of carbonyl (C=O) groups is 1. The molecule has 2 rings (SSSR count). The van der Waals surface area contributed by atoms with Gasteiger partial charge in [0, 0.05) is 12.2 Å². The number of hydrogen-bond donors (Lipinski definition) is 1. The average molecular weight is 287 g/mol. The Kier molecular flexibility index (Phi) is 4.46. The van der Waals surface area contributed by atoms with Crippen LogP contribution in [-0.4, -0.2) is 16.9 Å². The molecule has 0 radical (unpaired) electrons. The van der Waals surface area contributed by atoms with E-state index in [9.17, 15) is 4.79 Å². The number of aromatic nitrogens is 1. The summed E-state index contributed by atoms with van der Waals surface area (Å²) in [6.07, 6.45) is 6.01. The topological polar surface area (TPSA) is 42.0 Å². The molecular weight excluding hydrogens is 271 g/mol. The minimum Gasteiger partial charge on any atom is -0.349 e. The molecule has 1 fully saturated rings. The predicted octanol–water partition coefficient (Wildman–Crippen LogP) is 3.70. The Balaban J connectivity index is 2.09. The number of amides is 1. The number of pyridine rings is 1. The summed E-state index contributed by atoms with van der Waals surface area (Å²) < 4.78 is 0. The molecule has 2 atom stereocenters. The molecule has 1 aliphatic rings. The zero-order valence-electron chi connectivity index (χ0n) is 10.2. The second-order valence-electron chi connectivity index (χ2n) is 4.83. The molecule has 1 aromatic rings. The highest BCUT2D eigenvalue weighted by Gasteiger charge is 2.24. The molecule has 5 heteroatoms. The molecule has 1 aliphatic carbocycles. The number of hydrogen-bond acceptors (Lipinski definition) is 2. The van der Waals surface area contributed by atoms with Crippen molar-refractivity contribution in [2.24, 2.45) is 5.92 Å². The first kappa shape index (κ1) is 13.6. The van der Waals surface area contributed by atoms with Crippen molar-refractivity contribution in [3.8, 4) is 0 Å². The highest BCUT2D eigenvalue weighted by atomic mass is 35.5. The Hall–Kier alpha value is -0.800. The predicted molar refractivity (Wildman–Crippen MR) is 73.1 cm³/mol. The van der Waals surface area contributed by atoms with Crippen LogP contribution in [-0.2, 0) is 0 Å². The van der Waals surface area contributed by atoms with E-state index in [4.69, 9.17) is 23.2 Å². The van der Waals surface area contributed by atoms with Crippen LogP contribution >= 0.6 is 23.2 Å². The molecule has 0 saturated heterocycles. The molecule has 18 heavy (non-hydrogen) atoms. The van der Waals surface area contributed by atoms with Crippen molar-refractivity contribution in [1.82, 2.24) is 10.3 Å². The Morgan fingerprint density at radius 1 is 1.39 bits per heavy atom. The Morgan fingerprint density at radius 2 is 2.11 bits per heavy atom. The fourth-order valence-corrected chi connectivity index (χ4v) is 2.71. The fraction of sp³-hybridized carbons (Fsp3) is 0.538. The van der Waals surface area contributed by atoms with Gasteiger partial charge in [-0.25, -0.2) is 4.98 Å². The largest absolute Gasteiger partial charge is 0.349 e. The van der Waals surface area contributed by atoms with Crippen LogP contribution in [0.5, 0.6) is 0 Å². The van der Waals surface area contributed by atoms with Crippen LogP contribution in [0.1, 0.15) is 43.0 Å². The van der Waals surface area contributed by atoms with Crippen LogP contribution in [0.4, 0.5) is 0 Å². The van der Waals surface area contributed by atoms with E-state index >= 15 is 0 Å². The normalized spacial score (nSPS) is 23.7. The third-order valence-electron chi connectivity index (χ3n) is 3.49. The standard InChI is InChI=1S/C13H16Cl2N2O/c1-8-4-2-3-5-11(8)17-13(18)9-6-12(15)16-7-10(9)14/h6-8,11H,2-5H2,1H3,(H,17,18)/t8-,11-/m1/s1. The van der Waals surface area contributed by atoms with Crippen molar-refractivity contribution in [3.05, 3.63) is 28.0 Å². The van der Waals surface area contributed by atoms with E-state index in [1.165, 1.54) is 25.1 Å². The van der Waals surface area contributed by atoms with Gasteiger partial charge >= 0.3 is 0 Å². The number of nitrogens with zero attached hydrogens (tertiary/aromatic N) is 1. The maximum atomic E-state index is 12.1. The smallest absolute Gasteiger partial charge is 0.253 e. The molecule has 1 amide bonds. The maximum Gasteiger partial charge on any atom is 0.253 e. The molecule has 0 aliphatic heterocycles. The van der Waals surface area contributed by atoms with Gasteiger partial charge in [0.25, 0.3) is 5.91 Å². The van der Waals surface area contributed by atoms with Crippen LogP contribution < -0.4 is 5.32 Å². The summed E-state index contributed by atoms with van der Waals surface area (Å²) in [7, 11) is 0. The lowest BCUT2D eigenvalue weighted by Gasteiger charge is -2.29. The van der Waals surface area contributed by atoms with E-state index in [1.807, 2.05) is 0 Å². The molecule has 0 bridgehead atoms. The highest BCUT2D eigenvalue weighted by Crippen LogP contribution is 2.25. The van der Waals surface area contributed by atoms with Crippen molar-refractivity contribution < 1.29 is 4.79 Å². The van der Waals surface area contributed by atoms with Gasteiger partial charge in [0.1, 0.15) is 5.15 Å². The monoisotopic (exact) mass is 286 g/mol. The SMILES string of the molecule is C[C@@H]1CCCC[C@H]1NC(=O)c1cc(Cl)ncc1Cl. The van der Waals surface area contributed by atoms with Crippen LogP contribution in [0.25, 0.3) is 0 Å². The van der Waals surface area contributed by atoms with Crippen molar-refractivity contribution in [3.63, 3.8) is 0 Å². The van der Waals surface area contributed by atoms with E-state index < -0.39 is 0 Å². The summed E-state index contributed by atoms with van der Waals surface area (Å²) in [5.74, 6) is 0.349. The lowest BCUT2D eigenvalue weighted by Crippen LogP contribution is -2.41. The highest BCUT2D eigenvalue weighted by molar-refractivity contribution is 6.35. The minimum absolute atomic E-state index is 0.164. The first-order chi connectivity index (χ1) is 8.58. The Labute approximate surface area is 117 Å². The lowest BCUT2D eigenvalue weighted by atomic mass is 9.86. The molecule has 0 spiro atoms. The van der Waals surface area contributed by atoms with Gasteiger partial charge in [0.05, 0.1) is 10.6 Å². The zero-order valence-corrected chi connectivity index (χ0v) is 11.8. The van der Waals surface area contributed by atoms with Gasteiger partial charge in [0.15, 0.2) is 0 Å². The van der Waals surface area contributed by atoms with Gasteiger partial charge in [-0.15, -0.1) is 0 Å². The average Bonchev–Trinajstić information content (AvgIpc) is 2.35. The van der Waals surface area contributed by atoms with Crippen molar-refractivity contribution in [2.45, 2.75) is 38.6 Å². The Morgan fingerprint density at radius 3 is 2.83 bits per heavy atom. The fourth-order valence-electron chi connectivity index (χ4n) is 2.36. The van der Waals surface area contributed by atoms with E-state index in [0.29, 0.717) is 16.5 Å². The summed E-state index contributed by atoms with van der Waals surface area (Å²) in [5, 5.41) is 3.66. The van der Waals surface area contributed by atoms with Gasteiger partial charge in [-0.1, -0.05) is 43.0 Å². The third kappa shape index (κ3) is 3.15. The first-order valence-electron chi connectivity index (χ1n) is 6.20. The maximum absolute atomic E-state index is 12.1. The Bertz CT molecular complexity index is 451. The third-order valence-corrected chi connectivity index (χ3v) is 4.00. The molecule has 1 saturated carbocycles. The molecule has 3 nitrogen and oxygen atoms in total. The first-order valence-corrected chi connectivity index (χ1v) is 6.95. The van der Waals surface area contributed by atoms with E-state index in [2.05, 4.69) is 17.2 Å². The van der Waals surface area contributed by atoms with Gasteiger partial charge in [-0.2, -0.15) is 0 Å². The number of nitrogens with one attached hydrogen (secondary N) is 1. The molecule has 1 N–H and O–H groups in total. The number of rotatable bonds is 2. The number of halogens is 2. The van der Waals surface area contributed by atoms with E-state index in [0.717, 1.165) is 12.8 Å². The van der Waals surface area contributed by atoms with Crippen LogP contribution in [0, 0.1) is 5.92 Å². The van der Waals surface area contributed by atoms with Gasteiger partial charge in [-0.3, -0.25) is 4.79 Å². The van der Waals surface area contributed by atoms with E-state index in [-0.39, 0.29) is 17.1 Å². The summed E-state index contributed by atoms with van der Waals surface area (Å²) in [4.78, 5) is 16.0. The van der Waals surface area contributed by atoms with Crippen molar-refractivity contribution >= 4 is 29.1 Å². The molecule has 0 aromatic carbocycles. The summed E-state index contributed by atoms with van der Waals surface area (Å²) >= 11 is 11.7. The van der Waals surface area contributed by atoms with Gasteiger partial charge < -0.3 is 5.32 Å². The summed E-state index contributed by atoms with van der Waals surface area (Å²) in [6, 6.07) is 1.74. The minimum atomic E-state index is -0.164. The summed E-state index contributed by atoms with van der Waals surface area (Å²) in [5.41, 5.74) is 0.398. The quantitative estimate of drug-likeness (QED) is 0.843. The van der Waals surface area contributed by atoms with Crippen LogP contribution in [0.15, 0.2) is 12.3 Å². The van der Waals surface area contributed by atoms with E-state index in [1.54, 1.807) is 0 Å². The molecule has 0 unspecified atom stereocenters. The van der Waals surface area contributed by atoms with Gasteiger partial charge in [0.2, 0.25) is 0 Å². The molecular formula is C13H16Cl2N2O. The van der Waals surface area contributed by atoms with Crippen LogP contribution in [0.3, 0.4) is 0 Å². The van der Waals surface area contributed by atoms with Gasteiger partial charge in [-0.05, 0) is 24.8 Å². The zero-order chi connectivity index (χ0) is 13.1.